The maximum absolute atomic E-state index is 13.4. The molecule has 3 heteroatoms. The van der Waals surface area contributed by atoms with Crippen LogP contribution in [0.2, 0.25) is 0 Å². The number of aryl methyl sites for hydroxylation is 1. The van der Waals surface area contributed by atoms with Gasteiger partial charge >= 0.3 is 0 Å². The van der Waals surface area contributed by atoms with Crippen molar-refractivity contribution >= 4 is 10.9 Å². The van der Waals surface area contributed by atoms with Crippen LogP contribution in [0.5, 0.6) is 0 Å². The number of benzene rings is 1. The molecule has 0 spiro atoms. The molecule has 0 unspecified atom stereocenters. The molecule has 0 saturated heterocycles. The Morgan fingerprint density at radius 1 is 1.43 bits per heavy atom. The van der Waals surface area contributed by atoms with Gasteiger partial charge in [-0.05, 0) is 25.1 Å². The van der Waals surface area contributed by atoms with E-state index in [0.29, 0.717) is 11.9 Å². The Morgan fingerprint density at radius 3 is 2.86 bits per heavy atom. The van der Waals surface area contributed by atoms with Gasteiger partial charge in [-0.1, -0.05) is 6.07 Å². The van der Waals surface area contributed by atoms with Gasteiger partial charge in [-0.15, -0.1) is 0 Å². The number of aromatic nitrogens is 1. The van der Waals surface area contributed by atoms with Gasteiger partial charge in [0.2, 0.25) is 0 Å². The average Bonchev–Trinajstić information content (AvgIpc) is 2.57. The van der Waals surface area contributed by atoms with Gasteiger partial charge in [-0.3, -0.25) is 0 Å². The van der Waals surface area contributed by atoms with Crippen molar-refractivity contribution in [2.75, 3.05) is 0 Å². The van der Waals surface area contributed by atoms with Crippen LogP contribution in [0.3, 0.4) is 0 Å². The first-order chi connectivity index (χ1) is 6.77. The second-order valence-electron chi connectivity index (χ2n) is 3.26. The van der Waals surface area contributed by atoms with E-state index in [1.807, 2.05) is 23.6 Å². The van der Waals surface area contributed by atoms with Gasteiger partial charge in [0.05, 0.1) is 5.52 Å². The summed E-state index contributed by atoms with van der Waals surface area (Å²) in [6, 6.07) is 6.95. The summed E-state index contributed by atoms with van der Waals surface area (Å²) in [4.78, 5) is 0. The minimum absolute atomic E-state index is 0.176. The molecule has 1 aromatic carbocycles. The first-order valence-electron chi connectivity index (χ1n) is 4.74. The number of rotatable bonds is 2. The molecule has 0 aliphatic rings. The van der Waals surface area contributed by atoms with Crippen LogP contribution in [-0.2, 0) is 13.1 Å². The Morgan fingerprint density at radius 2 is 2.21 bits per heavy atom. The molecule has 0 aliphatic heterocycles. The minimum atomic E-state index is -0.176. The molecular formula is C11H13FN2. The van der Waals surface area contributed by atoms with Crippen molar-refractivity contribution in [3.05, 3.63) is 35.8 Å². The second kappa shape index (κ2) is 3.42. The molecule has 0 bridgehead atoms. The van der Waals surface area contributed by atoms with E-state index in [1.165, 1.54) is 6.07 Å². The van der Waals surface area contributed by atoms with E-state index >= 15 is 0 Å². The predicted octanol–water partition coefficient (Wildman–Crippen LogP) is 2.26. The lowest BCUT2D eigenvalue weighted by Gasteiger charge is -2.04. The van der Waals surface area contributed by atoms with E-state index in [1.54, 1.807) is 6.07 Å². The van der Waals surface area contributed by atoms with Gasteiger partial charge in [0.15, 0.2) is 0 Å². The lowest BCUT2D eigenvalue weighted by atomic mass is 10.2. The summed E-state index contributed by atoms with van der Waals surface area (Å²) in [5.41, 5.74) is 7.50. The SMILES string of the molecule is CCn1c(CN)cc2c(F)cccc21. The van der Waals surface area contributed by atoms with Crippen molar-refractivity contribution in [1.29, 1.82) is 0 Å². The third-order valence-corrected chi connectivity index (χ3v) is 2.50. The van der Waals surface area contributed by atoms with Gasteiger partial charge in [-0.25, -0.2) is 4.39 Å². The highest BCUT2D eigenvalue weighted by Gasteiger charge is 2.08. The Balaban J connectivity index is 2.79. The van der Waals surface area contributed by atoms with E-state index in [-0.39, 0.29) is 5.82 Å². The van der Waals surface area contributed by atoms with Crippen LogP contribution in [0.4, 0.5) is 4.39 Å². The van der Waals surface area contributed by atoms with Crippen molar-refractivity contribution in [1.82, 2.24) is 4.57 Å². The van der Waals surface area contributed by atoms with Crippen LogP contribution in [0.15, 0.2) is 24.3 Å². The molecule has 2 N–H and O–H groups in total. The minimum Gasteiger partial charge on any atom is -0.344 e. The lowest BCUT2D eigenvalue weighted by molar-refractivity contribution is 0.639. The third kappa shape index (κ3) is 1.21. The first-order valence-corrected chi connectivity index (χ1v) is 4.74. The first kappa shape index (κ1) is 9.21. The van der Waals surface area contributed by atoms with Crippen LogP contribution in [0, 0.1) is 5.82 Å². The van der Waals surface area contributed by atoms with Crippen LogP contribution in [-0.4, -0.2) is 4.57 Å². The standard InChI is InChI=1S/C11H13FN2/c1-2-14-8(7-13)6-9-10(12)4-3-5-11(9)14/h3-6H,2,7,13H2,1H3. The van der Waals surface area contributed by atoms with Crippen molar-refractivity contribution in [3.63, 3.8) is 0 Å². The molecule has 1 heterocycles. The molecule has 74 valence electrons. The van der Waals surface area contributed by atoms with Crippen molar-refractivity contribution in [3.8, 4) is 0 Å². The number of nitrogens with two attached hydrogens (primary N) is 1. The monoisotopic (exact) mass is 192 g/mol. The summed E-state index contributed by atoms with van der Waals surface area (Å²) >= 11 is 0. The number of hydrogen-bond donors (Lipinski definition) is 1. The maximum atomic E-state index is 13.4. The average molecular weight is 192 g/mol. The Bertz CT molecular complexity index is 460. The van der Waals surface area contributed by atoms with Crippen LogP contribution >= 0.6 is 0 Å². The van der Waals surface area contributed by atoms with Gasteiger partial charge in [-0.2, -0.15) is 0 Å². The quantitative estimate of drug-likeness (QED) is 0.777. The lowest BCUT2D eigenvalue weighted by Crippen LogP contribution is -2.05. The van der Waals surface area contributed by atoms with E-state index in [4.69, 9.17) is 5.73 Å². The van der Waals surface area contributed by atoms with Gasteiger partial charge in [0, 0.05) is 24.2 Å². The van der Waals surface area contributed by atoms with Gasteiger partial charge < -0.3 is 10.3 Å². The summed E-state index contributed by atoms with van der Waals surface area (Å²) in [5.74, 6) is -0.176. The fourth-order valence-electron chi connectivity index (χ4n) is 1.85. The highest BCUT2D eigenvalue weighted by Crippen LogP contribution is 2.22. The van der Waals surface area contributed by atoms with Crippen molar-refractivity contribution in [2.24, 2.45) is 5.73 Å². The number of halogens is 1. The molecular weight excluding hydrogens is 179 g/mol. The molecule has 0 radical (unpaired) electrons. The number of hydrogen-bond acceptors (Lipinski definition) is 1. The summed E-state index contributed by atoms with van der Waals surface area (Å²) in [7, 11) is 0. The molecule has 0 saturated carbocycles. The van der Waals surface area contributed by atoms with Crippen LogP contribution in [0.1, 0.15) is 12.6 Å². The summed E-state index contributed by atoms with van der Waals surface area (Å²) in [6.45, 7) is 3.30. The number of nitrogens with zero attached hydrogens (tertiary/aromatic N) is 1. The summed E-state index contributed by atoms with van der Waals surface area (Å²) < 4.78 is 15.4. The molecule has 0 aliphatic carbocycles. The van der Waals surface area contributed by atoms with Crippen LogP contribution < -0.4 is 5.73 Å². The maximum Gasteiger partial charge on any atom is 0.132 e. The van der Waals surface area contributed by atoms with Gasteiger partial charge in [0.1, 0.15) is 5.82 Å². The molecule has 2 aromatic rings. The zero-order valence-electron chi connectivity index (χ0n) is 8.13. The van der Waals surface area contributed by atoms with Crippen molar-refractivity contribution < 1.29 is 4.39 Å². The Kier molecular flexibility index (Phi) is 2.25. The topological polar surface area (TPSA) is 30.9 Å². The Hall–Kier alpha value is -1.35. The molecule has 14 heavy (non-hydrogen) atoms. The van der Waals surface area contributed by atoms with Gasteiger partial charge in [0.25, 0.3) is 0 Å². The van der Waals surface area contributed by atoms with E-state index in [2.05, 4.69) is 0 Å². The highest BCUT2D eigenvalue weighted by atomic mass is 19.1. The van der Waals surface area contributed by atoms with E-state index < -0.39 is 0 Å². The molecule has 0 fully saturated rings. The predicted molar refractivity (Wildman–Crippen MR) is 55.5 cm³/mol. The smallest absolute Gasteiger partial charge is 0.132 e. The fraction of sp³-hybridized carbons (Fsp3) is 0.273. The largest absolute Gasteiger partial charge is 0.344 e. The van der Waals surface area contributed by atoms with Crippen LogP contribution in [0.25, 0.3) is 10.9 Å². The highest BCUT2D eigenvalue weighted by molar-refractivity contribution is 5.82. The zero-order chi connectivity index (χ0) is 10.1. The molecule has 2 nitrogen and oxygen atoms in total. The van der Waals surface area contributed by atoms with Crippen molar-refractivity contribution in [2.45, 2.75) is 20.0 Å². The Labute approximate surface area is 82.1 Å². The number of fused-ring (bicyclic) bond motifs is 1. The van der Waals surface area contributed by atoms with E-state index in [0.717, 1.165) is 17.8 Å². The molecule has 1 aromatic heterocycles. The molecule has 0 atom stereocenters. The summed E-state index contributed by atoms with van der Waals surface area (Å²) in [5, 5.41) is 0.662. The van der Waals surface area contributed by atoms with E-state index in [9.17, 15) is 4.39 Å². The summed E-state index contributed by atoms with van der Waals surface area (Å²) in [6.07, 6.45) is 0. The second-order valence-corrected chi connectivity index (χ2v) is 3.26. The third-order valence-electron chi connectivity index (χ3n) is 2.50. The normalized spacial score (nSPS) is 11.1. The molecule has 0 amide bonds. The molecule has 2 rings (SSSR count). The fourth-order valence-corrected chi connectivity index (χ4v) is 1.85. The zero-order valence-corrected chi connectivity index (χ0v) is 8.13.